The summed E-state index contributed by atoms with van der Waals surface area (Å²) in [4.78, 5) is 49.7. The van der Waals surface area contributed by atoms with Crippen molar-refractivity contribution in [1.82, 2.24) is 15.3 Å². The summed E-state index contributed by atoms with van der Waals surface area (Å²) in [5.74, 6) is -1.63. The molecule has 1 aromatic rings. The zero-order valence-corrected chi connectivity index (χ0v) is 10.9. The number of hydrogen-bond acceptors (Lipinski definition) is 4. The smallest absolute Gasteiger partial charge is 0.326 e. The highest BCUT2D eigenvalue weighted by Gasteiger charge is 2.46. The van der Waals surface area contributed by atoms with Crippen LogP contribution in [0.1, 0.15) is 36.7 Å². The quantitative estimate of drug-likeness (QED) is 0.589. The first-order valence-electron chi connectivity index (χ1n) is 6.21. The van der Waals surface area contributed by atoms with Crippen molar-refractivity contribution in [2.45, 2.75) is 32.2 Å². The van der Waals surface area contributed by atoms with Gasteiger partial charge in [0.1, 0.15) is 5.69 Å². The van der Waals surface area contributed by atoms with Crippen LogP contribution in [-0.2, 0) is 4.79 Å². The van der Waals surface area contributed by atoms with Crippen LogP contribution in [0.2, 0.25) is 0 Å². The van der Waals surface area contributed by atoms with Crippen LogP contribution in [0.15, 0.2) is 15.7 Å². The van der Waals surface area contributed by atoms with E-state index in [1.54, 1.807) is 6.92 Å². The Hall–Kier alpha value is -2.38. The van der Waals surface area contributed by atoms with E-state index in [1.807, 2.05) is 4.98 Å². The number of carbonyl (C=O) groups is 2. The lowest BCUT2D eigenvalue weighted by Gasteiger charge is -2.27. The molecule has 1 heterocycles. The first kappa shape index (κ1) is 14.0. The van der Waals surface area contributed by atoms with Gasteiger partial charge in [0.15, 0.2) is 0 Å². The maximum Gasteiger partial charge on any atom is 0.326 e. The Kier molecular flexibility index (Phi) is 3.47. The summed E-state index contributed by atoms with van der Waals surface area (Å²) < 4.78 is 0. The Morgan fingerprint density at radius 1 is 1.40 bits per heavy atom. The number of aromatic amines is 2. The van der Waals surface area contributed by atoms with Crippen molar-refractivity contribution in [1.29, 1.82) is 0 Å². The van der Waals surface area contributed by atoms with Crippen molar-refractivity contribution in [2.24, 2.45) is 5.41 Å². The van der Waals surface area contributed by atoms with Gasteiger partial charge in [-0.2, -0.15) is 0 Å². The Morgan fingerprint density at radius 2 is 2.10 bits per heavy atom. The van der Waals surface area contributed by atoms with Gasteiger partial charge >= 0.3 is 11.7 Å². The third kappa shape index (κ3) is 2.49. The lowest BCUT2D eigenvalue weighted by Crippen LogP contribution is -2.47. The largest absolute Gasteiger partial charge is 0.481 e. The molecule has 1 fully saturated rings. The van der Waals surface area contributed by atoms with Crippen LogP contribution in [0.25, 0.3) is 0 Å². The van der Waals surface area contributed by atoms with Crippen molar-refractivity contribution in [3.63, 3.8) is 0 Å². The predicted molar refractivity (Wildman–Crippen MR) is 68.5 cm³/mol. The van der Waals surface area contributed by atoms with Gasteiger partial charge in [0, 0.05) is 12.1 Å². The summed E-state index contributed by atoms with van der Waals surface area (Å²) in [6.07, 6.45) is 1.71. The van der Waals surface area contributed by atoms with Crippen molar-refractivity contribution in [3.05, 3.63) is 32.6 Å². The molecule has 20 heavy (non-hydrogen) atoms. The molecule has 1 saturated carbocycles. The van der Waals surface area contributed by atoms with Gasteiger partial charge in [-0.15, -0.1) is 0 Å². The number of carbonyl (C=O) groups excluding carboxylic acids is 1. The van der Waals surface area contributed by atoms with Gasteiger partial charge in [-0.3, -0.25) is 19.4 Å². The lowest BCUT2D eigenvalue weighted by atomic mass is 9.85. The SMILES string of the molecule is CC1(C(=O)O)CCCC1NC(=O)c1cc(=O)[nH]c(=O)[nH]1. The zero-order chi connectivity index (χ0) is 14.9. The van der Waals surface area contributed by atoms with Gasteiger partial charge in [0.2, 0.25) is 0 Å². The summed E-state index contributed by atoms with van der Waals surface area (Å²) in [5, 5.41) is 11.8. The number of carboxylic acid groups (broad SMARTS) is 1. The number of carboxylic acids is 1. The fraction of sp³-hybridized carbons (Fsp3) is 0.500. The molecular weight excluding hydrogens is 266 g/mol. The molecular formula is C12H15N3O5. The molecule has 0 radical (unpaired) electrons. The molecule has 1 aliphatic rings. The highest BCUT2D eigenvalue weighted by Crippen LogP contribution is 2.38. The number of amides is 1. The van der Waals surface area contributed by atoms with Crippen molar-refractivity contribution >= 4 is 11.9 Å². The fourth-order valence-electron chi connectivity index (χ4n) is 2.48. The highest BCUT2D eigenvalue weighted by molar-refractivity contribution is 5.92. The van der Waals surface area contributed by atoms with E-state index in [9.17, 15) is 24.3 Å². The molecule has 1 aliphatic carbocycles. The minimum Gasteiger partial charge on any atom is -0.481 e. The minimum absolute atomic E-state index is 0.182. The van der Waals surface area contributed by atoms with E-state index in [4.69, 9.17) is 0 Å². The van der Waals surface area contributed by atoms with E-state index in [1.165, 1.54) is 0 Å². The highest BCUT2D eigenvalue weighted by atomic mass is 16.4. The molecule has 2 unspecified atom stereocenters. The maximum absolute atomic E-state index is 12.0. The van der Waals surface area contributed by atoms with Gasteiger partial charge in [-0.05, 0) is 19.8 Å². The standard InChI is InChI=1S/C12H15N3O5/c1-12(10(18)19)4-2-3-7(12)14-9(17)6-5-8(16)15-11(20)13-6/h5,7H,2-4H2,1H3,(H,14,17)(H,18,19)(H2,13,15,16,20). The molecule has 108 valence electrons. The second-order valence-electron chi connectivity index (χ2n) is 5.14. The van der Waals surface area contributed by atoms with Crippen LogP contribution in [0.4, 0.5) is 0 Å². The topological polar surface area (TPSA) is 132 Å². The third-order valence-electron chi connectivity index (χ3n) is 3.76. The maximum atomic E-state index is 12.0. The van der Waals surface area contributed by atoms with Crippen molar-refractivity contribution in [2.75, 3.05) is 0 Å². The second kappa shape index (κ2) is 4.95. The molecule has 2 atom stereocenters. The first-order valence-corrected chi connectivity index (χ1v) is 6.21. The van der Waals surface area contributed by atoms with E-state index >= 15 is 0 Å². The molecule has 2 rings (SSSR count). The number of aliphatic carboxylic acids is 1. The van der Waals surface area contributed by atoms with Crippen LogP contribution in [0.5, 0.6) is 0 Å². The minimum atomic E-state index is -1.03. The van der Waals surface area contributed by atoms with Crippen molar-refractivity contribution in [3.8, 4) is 0 Å². The number of aromatic nitrogens is 2. The Bertz CT molecular complexity index is 633. The Labute approximate surface area is 113 Å². The average molecular weight is 281 g/mol. The molecule has 0 aromatic carbocycles. The average Bonchev–Trinajstić information content (AvgIpc) is 2.71. The molecule has 1 amide bonds. The normalized spacial score (nSPS) is 25.4. The summed E-state index contributed by atoms with van der Waals surface area (Å²) in [7, 11) is 0. The predicted octanol–water partition coefficient (Wildman–Crippen LogP) is -0.564. The molecule has 8 heteroatoms. The third-order valence-corrected chi connectivity index (χ3v) is 3.76. The number of hydrogen-bond donors (Lipinski definition) is 4. The summed E-state index contributed by atoms with van der Waals surface area (Å²) >= 11 is 0. The lowest BCUT2D eigenvalue weighted by molar-refractivity contribution is -0.148. The van der Waals surface area contributed by atoms with Crippen LogP contribution in [0, 0.1) is 5.41 Å². The molecule has 8 nitrogen and oxygen atoms in total. The number of rotatable bonds is 3. The van der Waals surface area contributed by atoms with Crippen LogP contribution in [-0.4, -0.2) is 33.0 Å². The van der Waals surface area contributed by atoms with E-state index in [2.05, 4.69) is 10.3 Å². The summed E-state index contributed by atoms with van der Waals surface area (Å²) in [5.41, 5.74) is -2.68. The Balaban J connectivity index is 2.21. The van der Waals surface area contributed by atoms with Gasteiger partial charge in [-0.1, -0.05) is 6.42 Å². The van der Waals surface area contributed by atoms with Gasteiger partial charge in [-0.25, -0.2) is 4.79 Å². The molecule has 1 aromatic heterocycles. The van der Waals surface area contributed by atoms with E-state index < -0.39 is 34.6 Å². The number of H-pyrrole nitrogens is 2. The Morgan fingerprint density at radius 3 is 2.70 bits per heavy atom. The summed E-state index contributed by atoms with van der Waals surface area (Å²) in [6, 6.07) is 0.430. The molecule has 0 bridgehead atoms. The molecule has 0 aliphatic heterocycles. The van der Waals surface area contributed by atoms with Crippen LogP contribution >= 0.6 is 0 Å². The monoisotopic (exact) mass is 281 g/mol. The molecule has 0 spiro atoms. The van der Waals surface area contributed by atoms with Crippen LogP contribution < -0.4 is 16.6 Å². The second-order valence-corrected chi connectivity index (χ2v) is 5.14. The summed E-state index contributed by atoms with van der Waals surface area (Å²) in [6.45, 7) is 1.58. The molecule has 4 N–H and O–H groups in total. The van der Waals surface area contributed by atoms with E-state index in [-0.39, 0.29) is 5.69 Å². The zero-order valence-electron chi connectivity index (χ0n) is 10.9. The van der Waals surface area contributed by atoms with Gasteiger partial charge < -0.3 is 15.4 Å². The van der Waals surface area contributed by atoms with E-state index in [0.29, 0.717) is 19.3 Å². The van der Waals surface area contributed by atoms with Gasteiger partial charge in [0.25, 0.3) is 11.5 Å². The van der Waals surface area contributed by atoms with Crippen molar-refractivity contribution < 1.29 is 14.7 Å². The van der Waals surface area contributed by atoms with E-state index in [0.717, 1.165) is 6.07 Å². The number of nitrogens with one attached hydrogen (secondary N) is 3. The first-order chi connectivity index (χ1) is 9.33. The fourth-order valence-corrected chi connectivity index (χ4v) is 2.48. The van der Waals surface area contributed by atoms with Gasteiger partial charge in [0.05, 0.1) is 5.41 Å². The van der Waals surface area contributed by atoms with Crippen LogP contribution in [0.3, 0.4) is 0 Å². The molecule has 0 saturated heterocycles.